The zero-order valence-electron chi connectivity index (χ0n) is 13.8. The van der Waals surface area contributed by atoms with Crippen molar-refractivity contribution in [1.82, 2.24) is 0 Å². The molecule has 1 aromatic rings. The molecule has 1 aromatic heterocycles. The lowest BCUT2D eigenvalue weighted by atomic mass is 9.64. The Balaban J connectivity index is 2.04. The number of allylic oxidation sites excluding steroid dienone is 2. The van der Waals surface area contributed by atoms with Gasteiger partial charge in [-0.25, -0.2) is 4.79 Å². The number of carbonyl (C=O) groups excluding carboxylic acids is 1. The Morgan fingerprint density at radius 1 is 1.30 bits per heavy atom. The van der Waals surface area contributed by atoms with Crippen LogP contribution in [0.2, 0.25) is 0 Å². The van der Waals surface area contributed by atoms with Crippen LogP contribution in [0.3, 0.4) is 0 Å². The molecular weight excluding hydrogens is 292 g/mol. The van der Waals surface area contributed by atoms with Gasteiger partial charge in [0.05, 0.1) is 6.61 Å². The molecule has 0 N–H and O–H groups in total. The third kappa shape index (κ3) is 2.99. The molecule has 23 heavy (non-hydrogen) atoms. The van der Waals surface area contributed by atoms with Gasteiger partial charge in [0.25, 0.3) is 0 Å². The van der Waals surface area contributed by atoms with E-state index in [4.69, 9.17) is 9.15 Å². The van der Waals surface area contributed by atoms with Gasteiger partial charge >= 0.3 is 5.63 Å². The summed E-state index contributed by atoms with van der Waals surface area (Å²) in [7, 11) is 0. The first-order chi connectivity index (χ1) is 11.2. The molecule has 2 aliphatic rings. The molecule has 0 radical (unpaired) electrons. The van der Waals surface area contributed by atoms with Crippen molar-refractivity contribution in [2.45, 2.75) is 45.4 Å². The molecule has 1 heterocycles. The molecule has 124 valence electrons. The van der Waals surface area contributed by atoms with E-state index < -0.39 is 5.63 Å². The molecule has 3 rings (SSSR count). The molecule has 1 saturated carbocycles. The fourth-order valence-electron chi connectivity index (χ4n) is 4.22. The van der Waals surface area contributed by atoms with Crippen LogP contribution in [0.5, 0.6) is 5.75 Å². The largest absolute Gasteiger partial charge is 0.493 e. The number of rotatable bonds is 4. The zero-order chi connectivity index (χ0) is 16.4. The van der Waals surface area contributed by atoms with Gasteiger partial charge in [-0.2, -0.15) is 0 Å². The van der Waals surface area contributed by atoms with Crippen LogP contribution in [0, 0.1) is 17.8 Å². The SMILES string of the molecule is CCOc1cc([C@H]2[C@@H]3CCCC[C@@H]3C=C[C@@H]2C)oc(=O)c1C=O. The van der Waals surface area contributed by atoms with Crippen molar-refractivity contribution < 1.29 is 13.9 Å². The topological polar surface area (TPSA) is 56.5 Å². The number of hydrogen-bond acceptors (Lipinski definition) is 4. The molecule has 4 atom stereocenters. The molecule has 0 spiro atoms. The summed E-state index contributed by atoms with van der Waals surface area (Å²) in [4.78, 5) is 23.3. The van der Waals surface area contributed by atoms with Crippen molar-refractivity contribution in [3.63, 3.8) is 0 Å². The van der Waals surface area contributed by atoms with E-state index in [9.17, 15) is 9.59 Å². The quantitative estimate of drug-likeness (QED) is 0.623. The van der Waals surface area contributed by atoms with E-state index in [0.717, 1.165) is 6.42 Å². The van der Waals surface area contributed by atoms with Crippen molar-refractivity contribution in [2.75, 3.05) is 6.61 Å². The Hall–Kier alpha value is -1.84. The van der Waals surface area contributed by atoms with Gasteiger partial charge in [0, 0.05) is 12.0 Å². The summed E-state index contributed by atoms with van der Waals surface area (Å²) in [6.45, 7) is 4.42. The Bertz CT molecular complexity index is 658. The van der Waals surface area contributed by atoms with E-state index in [-0.39, 0.29) is 11.5 Å². The Labute approximate surface area is 136 Å². The molecule has 4 heteroatoms. The van der Waals surface area contributed by atoms with Crippen LogP contribution < -0.4 is 10.4 Å². The predicted molar refractivity (Wildman–Crippen MR) is 88.0 cm³/mol. The van der Waals surface area contributed by atoms with Crippen LogP contribution >= 0.6 is 0 Å². The summed E-state index contributed by atoms with van der Waals surface area (Å²) >= 11 is 0. The molecule has 0 amide bonds. The lowest BCUT2D eigenvalue weighted by Gasteiger charge is -2.40. The van der Waals surface area contributed by atoms with Gasteiger partial charge in [0.1, 0.15) is 17.1 Å². The number of hydrogen-bond donors (Lipinski definition) is 0. The predicted octanol–water partition coefficient (Wildman–Crippen LogP) is 3.95. The first-order valence-corrected chi connectivity index (χ1v) is 8.60. The Morgan fingerprint density at radius 2 is 2.09 bits per heavy atom. The van der Waals surface area contributed by atoms with Crippen molar-refractivity contribution in [3.05, 3.63) is 40.0 Å². The summed E-state index contributed by atoms with van der Waals surface area (Å²) in [5.41, 5.74) is -0.607. The van der Waals surface area contributed by atoms with Crippen LogP contribution in [0.1, 0.15) is 61.6 Å². The van der Waals surface area contributed by atoms with Gasteiger partial charge in [-0.1, -0.05) is 31.9 Å². The van der Waals surface area contributed by atoms with Crippen molar-refractivity contribution in [3.8, 4) is 5.75 Å². The third-order valence-electron chi connectivity index (χ3n) is 5.28. The van der Waals surface area contributed by atoms with Crippen LogP contribution in [0.4, 0.5) is 0 Å². The van der Waals surface area contributed by atoms with E-state index >= 15 is 0 Å². The van der Waals surface area contributed by atoms with Crippen LogP contribution in [-0.2, 0) is 0 Å². The molecule has 1 fully saturated rings. The normalized spacial score (nSPS) is 29.8. The van der Waals surface area contributed by atoms with Gasteiger partial charge in [-0.05, 0) is 37.5 Å². The van der Waals surface area contributed by atoms with Gasteiger partial charge in [-0.3, -0.25) is 4.79 Å². The highest BCUT2D eigenvalue weighted by Gasteiger charge is 2.38. The first-order valence-electron chi connectivity index (χ1n) is 8.60. The average Bonchev–Trinajstić information content (AvgIpc) is 2.55. The third-order valence-corrected chi connectivity index (χ3v) is 5.28. The highest BCUT2D eigenvalue weighted by atomic mass is 16.5. The maximum atomic E-state index is 12.2. The minimum Gasteiger partial charge on any atom is -0.493 e. The molecular formula is C19H24O4. The van der Waals surface area contributed by atoms with Gasteiger partial charge in [0.15, 0.2) is 6.29 Å². The summed E-state index contributed by atoms with van der Waals surface area (Å²) < 4.78 is 11.0. The average molecular weight is 316 g/mol. The Kier molecular flexibility index (Phi) is 4.69. The monoisotopic (exact) mass is 316 g/mol. The van der Waals surface area contributed by atoms with Crippen molar-refractivity contribution in [1.29, 1.82) is 0 Å². The molecule has 0 aromatic carbocycles. The summed E-state index contributed by atoms with van der Waals surface area (Å²) in [6, 6.07) is 1.76. The fourth-order valence-corrected chi connectivity index (χ4v) is 4.22. The minimum absolute atomic E-state index is 0.0187. The highest BCUT2D eigenvalue weighted by molar-refractivity contribution is 5.78. The standard InChI is InChI=1S/C19H24O4/c1-3-22-16-10-17(23-19(21)15(16)11-20)18-12(2)8-9-13-6-4-5-7-14(13)18/h8-14,18H,3-7H2,1-2H3/t12-,13+,14+,18+/m0/s1. The number of fused-ring (bicyclic) bond motifs is 1. The second kappa shape index (κ2) is 6.73. The lowest BCUT2D eigenvalue weighted by Crippen LogP contribution is -2.31. The van der Waals surface area contributed by atoms with Gasteiger partial charge in [-0.15, -0.1) is 0 Å². The molecule has 2 aliphatic carbocycles. The lowest BCUT2D eigenvalue weighted by molar-refractivity contribution is 0.111. The highest BCUT2D eigenvalue weighted by Crippen LogP contribution is 2.48. The molecule has 0 bridgehead atoms. The molecule has 4 nitrogen and oxygen atoms in total. The van der Waals surface area contributed by atoms with E-state index in [1.165, 1.54) is 19.3 Å². The van der Waals surface area contributed by atoms with E-state index in [1.54, 1.807) is 6.07 Å². The smallest absolute Gasteiger partial charge is 0.350 e. The van der Waals surface area contributed by atoms with E-state index in [2.05, 4.69) is 19.1 Å². The number of ether oxygens (including phenoxy) is 1. The van der Waals surface area contributed by atoms with Crippen LogP contribution in [0.25, 0.3) is 0 Å². The van der Waals surface area contributed by atoms with Crippen LogP contribution in [0.15, 0.2) is 27.4 Å². The zero-order valence-corrected chi connectivity index (χ0v) is 13.8. The fraction of sp³-hybridized carbons (Fsp3) is 0.579. The second-order valence-electron chi connectivity index (χ2n) is 6.65. The number of aldehydes is 1. The molecule has 0 saturated heterocycles. The molecule has 0 unspecified atom stereocenters. The maximum Gasteiger partial charge on any atom is 0.350 e. The second-order valence-corrected chi connectivity index (χ2v) is 6.65. The van der Waals surface area contributed by atoms with Crippen LogP contribution in [-0.4, -0.2) is 12.9 Å². The summed E-state index contributed by atoms with van der Waals surface area (Å²) in [6.07, 6.45) is 9.97. The van der Waals surface area contributed by atoms with Crippen molar-refractivity contribution >= 4 is 6.29 Å². The number of carbonyl (C=O) groups is 1. The van der Waals surface area contributed by atoms with Gasteiger partial charge < -0.3 is 9.15 Å². The Morgan fingerprint density at radius 3 is 2.83 bits per heavy atom. The summed E-state index contributed by atoms with van der Waals surface area (Å²) in [5.74, 6) is 2.58. The van der Waals surface area contributed by atoms with E-state index in [0.29, 0.717) is 42.2 Å². The van der Waals surface area contributed by atoms with Crippen molar-refractivity contribution in [2.24, 2.45) is 17.8 Å². The first kappa shape index (κ1) is 16.0. The minimum atomic E-state index is -0.588. The maximum absolute atomic E-state index is 12.2. The van der Waals surface area contributed by atoms with E-state index in [1.807, 2.05) is 6.92 Å². The summed E-state index contributed by atoms with van der Waals surface area (Å²) in [5, 5.41) is 0. The van der Waals surface area contributed by atoms with Gasteiger partial charge in [0.2, 0.25) is 0 Å². The molecule has 0 aliphatic heterocycles.